The quantitative estimate of drug-likeness (QED) is 0.131. The lowest BCUT2D eigenvalue weighted by molar-refractivity contribution is 0.482. The Morgan fingerprint density at radius 3 is 1.00 bits per heavy atom. The average Bonchev–Trinajstić information content (AvgIpc) is 3.26. The first-order valence-corrected chi connectivity index (χ1v) is 19.8. The summed E-state index contributed by atoms with van der Waals surface area (Å²) in [6.45, 7) is 8.49. The summed E-state index contributed by atoms with van der Waals surface area (Å²) < 4.78 is 6.11. The van der Waals surface area contributed by atoms with Crippen LogP contribution in [0.4, 0.5) is 34.1 Å². The van der Waals surface area contributed by atoms with Gasteiger partial charge in [0.25, 0.3) is 0 Å². The Balaban J connectivity index is 0.000000554. The number of aryl methyl sites for hydroxylation is 4. The normalized spacial score (nSPS) is 10.6. The summed E-state index contributed by atoms with van der Waals surface area (Å²) in [7, 11) is 0. The molecule has 0 aliphatic rings. The van der Waals surface area contributed by atoms with Crippen LogP contribution in [0.15, 0.2) is 206 Å². The number of rotatable bonds is 11. The third-order valence-corrected chi connectivity index (χ3v) is 9.92. The Morgan fingerprint density at radius 2 is 0.632 bits per heavy atom. The van der Waals surface area contributed by atoms with E-state index in [9.17, 15) is 0 Å². The van der Waals surface area contributed by atoms with Crippen molar-refractivity contribution >= 4 is 34.1 Å². The minimum Gasteiger partial charge on any atom is -0.457 e. The van der Waals surface area contributed by atoms with Crippen molar-refractivity contribution in [2.75, 3.05) is 9.80 Å². The summed E-state index contributed by atoms with van der Waals surface area (Å²) in [5.41, 5.74) is 14.2. The lowest BCUT2D eigenvalue weighted by atomic mass is 10.0. The van der Waals surface area contributed by atoms with Crippen LogP contribution in [-0.4, -0.2) is 0 Å². The third kappa shape index (κ3) is 10.1. The van der Waals surface area contributed by atoms with Gasteiger partial charge >= 0.3 is 0 Å². The van der Waals surface area contributed by atoms with Crippen LogP contribution in [0.2, 0.25) is 0 Å². The van der Waals surface area contributed by atoms with Crippen LogP contribution in [0.25, 0.3) is 11.1 Å². The fourth-order valence-corrected chi connectivity index (χ4v) is 6.80. The van der Waals surface area contributed by atoms with Gasteiger partial charge in [-0.25, -0.2) is 0 Å². The predicted octanol–water partition coefficient (Wildman–Crippen LogP) is 15.6. The number of benzene rings is 8. The molecule has 8 aromatic carbocycles. The lowest BCUT2D eigenvalue weighted by Gasteiger charge is -2.26. The molecule has 0 heterocycles. The molecule has 0 saturated heterocycles. The molecule has 0 aliphatic carbocycles. The number of nitrogens with zero attached hydrogens (tertiary/aromatic N) is 2. The number of ether oxygens (including phenoxy) is 1. The monoisotopic (exact) mass is 742 g/mol. The SMILES string of the molecule is CCCc1ccc(N(c2ccccc2)c2ccc(-c3ccc(N(c4ccccc4)c4ccc(Oc5ccc(C)cc5)cc4)cc3)cc2)cc1.Cc1ccc(C)cc1. The molecular formula is C54H50N2O. The minimum absolute atomic E-state index is 0.804. The summed E-state index contributed by atoms with van der Waals surface area (Å²) in [6.07, 6.45) is 2.24. The number of hydrogen-bond acceptors (Lipinski definition) is 3. The van der Waals surface area contributed by atoms with Crippen molar-refractivity contribution in [2.24, 2.45) is 0 Å². The second kappa shape index (κ2) is 18.7. The first-order chi connectivity index (χ1) is 27.9. The van der Waals surface area contributed by atoms with Crippen LogP contribution in [0, 0.1) is 20.8 Å². The van der Waals surface area contributed by atoms with Crippen LogP contribution in [0.1, 0.15) is 35.6 Å². The zero-order chi connectivity index (χ0) is 39.4. The van der Waals surface area contributed by atoms with Gasteiger partial charge in [0.1, 0.15) is 11.5 Å². The molecule has 0 saturated carbocycles. The maximum Gasteiger partial charge on any atom is 0.127 e. The molecule has 0 unspecified atom stereocenters. The fourth-order valence-electron chi connectivity index (χ4n) is 6.80. The van der Waals surface area contributed by atoms with Gasteiger partial charge in [0.05, 0.1) is 0 Å². The Morgan fingerprint density at radius 1 is 0.333 bits per heavy atom. The van der Waals surface area contributed by atoms with Gasteiger partial charge in [-0.05, 0) is 141 Å². The van der Waals surface area contributed by atoms with Gasteiger partial charge in [0.2, 0.25) is 0 Å². The van der Waals surface area contributed by atoms with E-state index >= 15 is 0 Å². The summed E-state index contributed by atoms with van der Waals surface area (Å²) in [4.78, 5) is 4.59. The van der Waals surface area contributed by atoms with Crippen molar-refractivity contribution in [1.82, 2.24) is 0 Å². The van der Waals surface area contributed by atoms with E-state index in [1.54, 1.807) is 0 Å². The van der Waals surface area contributed by atoms with Crippen LogP contribution in [-0.2, 0) is 6.42 Å². The molecule has 0 N–H and O–H groups in total. The van der Waals surface area contributed by atoms with Crippen molar-refractivity contribution in [3.8, 4) is 22.6 Å². The Labute approximate surface area is 339 Å². The number of hydrogen-bond donors (Lipinski definition) is 0. The molecule has 57 heavy (non-hydrogen) atoms. The van der Waals surface area contributed by atoms with E-state index in [0.717, 1.165) is 58.5 Å². The van der Waals surface area contributed by atoms with Gasteiger partial charge in [-0.3, -0.25) is 0 Å². The van der Waals surface area contributed by atoms with Crippen molar-refractivity contribution in [3.05, 3.63) is 229 Å². The van der Waals surface area contributed by atoms with Crippen molar-refractivity contribution in [1.29, 1.82) is 0 Å². The molecule has 0 radical (unpaired) electrons. The molecule has 0 fully saturated rings. The largest absolute Gasteiger partial charge is 0.457 e. The maximum atomic E-state index is 6.11. The predicted molar refractivity (Wildman–Crippen MR) is 242 cm³/mol. The molecular weight excluding hydrogens is 693 g/mol. The highest BCUT2D eigenvalue weighted by Gasteiger charge is 2.15. The molecule has 0 bridgehead atoms. The van der Waals surface area contributed by atoms with Gasteiger partial charge in [0.15, 0.2) is 0 Å². The highest BCUT2D eigenvalue weighted by molar-refractivity contribution is 5.80. The van der Waals surface area contributed by atoms with E-state index in [2.05, 4.69) is 213 Å². The molecule has 3 nitrogen and oxygen atoms in total. The average molecular weight is 743 g/mol. The number of para-hydroxylation sites is 2. The van der Waals surface area contributed by atoms with Gasteiger partial charge in [-0.2, -0.15) is 0 Å². The summed E-state index contributed by atoms with van der Waals surface area (Å²) >= 11 is 0. The lowest BCUT2D eigenvalue weighted by Crippen LogP contribution is -2.10. The molecule has 3 heteroatoms. The molecule has 0 aromatic heterocycles. The molecule has 8 aromatic rings. The standard InChI is InChI=1S/C46H40N2O.C8H10/c1-3-10-36-17-23-41(24-18-36)47(39-11-6-4-7-12-39)42-25-19-37(20-26-42)38-21-27-43(28-22-38)48(40-13-8-5-9-14-40)44-29-33-46(34-30-44)49-45-31-15-35(2)16-32-45;1-7-3-5-8(2)6-4-7/h4-9,11-34H,3,10H2,1-2H3;3-6H,1-2H3. The zero-order valence-electron chi connectivity index (χ0n) is 33.3. The first-order valence-electron chi connectivity index (χ1n) is 19.8. The zero-order valence-corrected chi connectivity index (χ0v) is 33.3. The summed E-state index contributed by atoms with van der Waals surface area (Å²) in [6, 6.07) is 72.5. The Bertz CT molecular complexity index is 2380. The van der Waals surface area contributed by atoms with Gasteiger partial charge < -0.3 is 14.5 Å². The summed E-state index contributed by atoms with van der Waals surface area (Å²) in [5, 5.41) is 0. The molecule has 0 atom stereocenters. The molecule has 0 amide bonds. The highest BCUT2D eigenvalue weighted by atomic mass is 16.5. The maximum absolute atomic E-state index is 6.11. The topological polar surface area (TPSA) is 15.7 Å². The van der Waals surface area contributed by atoms with Crippen LogP contribution in [0.3, 0.4) is 0 Å². The molecule has 282 valence electrons. The van der Waals surface area contributed by atoms with E-state index in [-0.39, 0.29) is 0 Å². The molecule has 8 rings (SSSR count). The van der Waals surface area contributed by atoms with Crippen LogP contribution >= 0.6 is 0 Å². The second-order valence-electron chi connectivity index (χ2n) is 14.4. The van der Waals surface area contributed by atoms with E-state index < -0.39 is 0 Å². The van der Waals surface area contributed by atoms with Crippen molar-refractivity contribution in [3.63, 3.8) is 0 Å². The second-order valence-corrected chi connectivity index (χ2v) is 14.4. The fraction of sp³-hybridized carbons (Fsp3) is 0.111. The van der Waals surface area contributed by atoms with Gasteiger partial charge in [-0.1, -0.05) is 139 Å². The van der Waals surface area contributed by atoms with Gasteiger partial charge in [0, 0.05) is 34.1 Å². The number of anilines is 6. The highest BCUT2D eigenvalue weighted by Crippen LogP contribution is 2.38. The van der Waals surface area contributed by atoms with E-state index in [1.807, 2.05) is 30.3 Å². The van der Waals surface area contributed by atoms with E-state index in [0.29, 0.717) is 0 Å². The first kappa shape index (κ1) is 38.4. The Hall–Kier alpha value is -6.84. The van der Waals surface area contributed by atoms with Gasteiger partial charge in [-0.15, -0.1) is 0 Å². The van der Waals surface area contributed by atoms with E-state index in [4.69, 9.17) is 4.74 Å². The van der Waals surface area contributed by atoms with Crippen LogP contribution < -0.4 is 14.5 Å². The van der Waals surface area contributed by atoms with Crippen molar-refractivity contribution in [2.45, 2.75) is 40.5 Å². The smallest absolute Gasteiger partial charge is 0.127 e. The third-order valence-electron chi connectivity index (χ3n) is 9.92. The Kier molecular flexibility index (Phi) is 12.6. The van der Waals surface area contributed by atoms with E-state index in [1.165, 1.54) is 33.4 Å². The summed E-state index contributed by atoms with van der Waals surface area (Å²) in [5.74, 6) is 1.63. The van der Waals surface area contributed by atoms with Crippen LogP contribution in [0.5, 0.6) is 11.5 Å². The van der Waals surface area contributed by atoms with Crippen molar-refractivity contribution < 1.29 is 4.74 Å². The molecule has 0 spiro atoms. The molecule has 0 aliphatic heterocycles. The minimum atomic E-state index is 0.804.